The molecular formula is C15H19Br2N. The second-order valence-corrected chi connectivity index (χ2v) is 6.55. The van der Waals surface area contributed by atoms with E-state index in [4.69, 9.17) is 0 Å². The van der Waals surface area contributed by atoms with Gasteiger partial charge in [0.15, 0.2) is 0 Å². The number of benzene rings is 1. The van der Waals surface area contributed by atoms with Gasteiger partial charge in [-0.25, -0.2) is 0 Å². The van der Waals surface area contributed by atoms with Crippen molar-refractivity contribution in [3.05, 3.63) is 44.4 Å². The lowest BCUT2D eigenvalue weighted by Gasteiger charge is -2.25. The molecule has 2 rings (SSSR count). The zero-order chi connectivity index (χ0) is 13.0. The molecule has 1 N–H and O–H groups in total. The maximum atomic E-state index is 3.61. The van der Waals surface area contributed by atoms with E-state index in [0.717, 1.165) is 15.5 Å². The predicted octanol–water partition coefficient (Wildman–Crippen LogP) is 5.36. The summed E-state index contributed by atoms with van der Waals surface area (Å²) in [6.45, 7) is 3.16. The molecule has 1 aromatic carbocycles. The Morgan fingerprint density at radius 3 is 2.44 bits per heavy atom. The Hall–Kier alpha value is -0.120. The van der Waals surface area contributed by atoms with Crippen molar-refractivity contribution in [1.82, 2.24) is 5.32 Å². The van der Waals surface area contributed by atoms with Gasteiger partial charge in [0, 0.05) is 8.95 Å². The summed E-state index contributed by atoms with van der Waals surface area (Å²) in [6, 6.07) is 6.88. The van der Waals surface area contributed by atoms with Crippen molar-refractivity contribution in [2.45, 2.75) is 38.6 Å². The van der Waals surface area contributed by atoms with Gasteiger partial charge in [0.05, 0.1) is 6.04 Å². The standard InChI is InChI=1S/C15H19Br2N/c1-2-18-15(11-6-4-3-5-7-11)12-8-13(16)10-14(17)9-12/h6,8-10,15,18H,2-5,7H2,1H3. The summed E-state index contributed by atoms with van der Waals surface area (Å²) in [5.41, 5.74) is 2.89. The molecule has 0 bridgehead atoms. The highest BCUT2D eigenvalue weighted by Crippen LogP contribution is 2.32. The third-order valence-electron chi connectivity index (χ3n) is 3.32. The van der Waals surface area contributed by atoms with Crippen molar-refractivity contribution in [1.29, 1.82) is 0 Å². The number of likely N-dealkylation sites (N-methyl/N-ethyl adjacent to an activating group) is 1. The second-order valence-electron chi connectivity index (χ2n) is 4.72. The average Bonchev–Trinajstić information content (AvgIpc) is 2.36. The van der Waals surface area contributed by atoms with Crippen LogP contribution in [0.5, 0.6) is 0 Å². The van der Waals surface area contributed by atoms with Gasteiger partial charge >= 0.3 is 0 Å². The molecule has 0 radical (unpaired) electrons. The quantitative estimate of drug-likeness (QED) is 0.701. The number of nitrogens with one attached hydrogen (secondary N) is 1. The Kier molecular flexibility index (Phi) is 5.46. The summed E-state index contributed by atoms with van der Waals surface area (Å²) < 4.78 is 2.26. The Balaban J connectivity index is 2.31. The van der Waals surface area contributed by atoms with Crippen molar-refractivity contribution in [3.63, 3.8) is 0 Å². The van der Waals surface area contributed by atoms with Crippen LogP contribution in [-0.4, -0.2) is 6.54 Å². The topological polar surface area (TPSA) is 12.0 Å². The second kappa shape index (κ2) is 6.88. The minimum atomic E-state index is 0.365. The SMILES string of the molecule is CCNC(C1=CCCCC1)c1cc(Br)cc(Br)c1. The van der Waals surface area contributed by atoms with Crippen molar-refractivity contribution in [3.8, 4) is 0 Å². The van der Waals surface area contributed by atoms with Gasteiger partial charge in [-0.1, -0.05) is 50.4 Å². The van der Waals surface area contributed by atoms with Crippen molar-refractivity contribution in [2.75, 3.05) is 6.54 Å². The van der Waals surface area contributed by atoms with Crippen LogP contribution in [0.2, 0.25) is 0 Å². The van der Waals surface area contributed by atoms with Gasteiger partial charge < -0.3 is 5.32 Å². The molecule has 1 nitrogen and oxygen atoms in total. The minimum Gasteiger partial charge on any atom is -0.307 e. The summed E-state index contributed by atoms with van der Waals surface area (Å²) in [7, 11) is 0. The Bertz CT molecular complexity index is 420. The fourth-order valence-electron chi connectivity index (χ4n) is 2.53. The lowest BCUT2D eigenvalue weighted by Crippen LogP contribution is -2.23. The van der Waals surface area contributed by atoms with Gasteiger partial charge in [0.1, 0.15) is 0 Å². The zero-order valence-electron chi connectivity index (χ0n) is 10.7. The van der Waals surface area contributed by atoms with E-state index in [0.29, 0.717) is 6.04 Å². The third-order valence-corrected chi connectivity index (χ3v) is 4.24. The van der Waals surface area contributed by atoms with E-state index < -0.39 is 0 Å². The van der Waals surface area contributed by atoms with Gasteiger partial charge in [-0.05, 0) is 56.0 Å². The molecule has 0 amide bonds. The molecule has 18 heavy (non-hydrogen) atoms. The van der Waals surface area contributed by atoms with E-state index in [1.165, 1.54) is 31.2 Å². The van der Waals surface area contributed by atoms with Gasteiger partial charge in [-0.15, -0.1) is 0 Å². The van der Waals surface area contributed by atoms with E-state index in [2.05, 4.69) is 68.4 Å². The molecule has 0 saturated carbocycles. The molecule has 1 unspecified atom stereocenters. The first-order chi connectivity index (χ1) is 8.70. The monoisotopic (exact) mass is 371 g/mol. The number of hydrogen-bond donors (Lipinski definition) is 1. The van der Waals surface area contributed by atoms with E-state index in [-0.39, 0.29) is 0 Å². The first-order valence-electron chi connectivity index (χ1n) is 6.59. The number of halogens is 2. The van der Waals surface area contributed by atoms with Crippen LogP contribution in [0.15, 0.2) is 38.8 Å². The van der Waals surface area contributed by atoms with Crippen LogP contribution in [0.25, 0.3) is 0 Å². The molecule has 0 fully saturated rings. The Morgan fingerprint density at radius 2 is 1.89 bits per heavy atom. The van der Waals surface area contributed by atoms with Gasteiger partial charge in [-0.3, -0.25) is 0 Å². The number of allylic oxidation sites excluding steroid dienone is 1. The van der Waals surface area contributed by atoms with Gasteiger partial charge in [0.2, 0.25) is 0 Å². The third kappa shape index (κ3) is 3.69. The largest absolute Gasteiger partial charge is 0.307 e. The lowest BCUT2D eigenvalue weighted by atomic mass is 9.90. The average molecular weight is 373 g/mol. The maximum Gasteiger partial charge on any atom is 0.0536 e. The maximum absolute atomic E-state index is 3.61. The molecule has 0 aliphatic heterocycles. The van der Waals surface area contributed by atoms with E-state index >= 15 is 0 Å². The summed E-state index contributed by atoms with van der Waals surface area (Å²) in [6.07, 6.45) is 7.53. The molecule has 0 saturated heterocycles. The minimum absolute atomic E-state index is 0.365. The van der Waals surface area contributed by atoms with Crippen LogP contribution in [0, 0.1) is 0 Å². The molecule has 1 aromatic rings. The summed E-state index contributed by atoms with van der Waals surface area (Å²) in [5.74, 6) is 0. The number of rotatable bonds is 4. The summed E-state index contributed by atoms with van der Waals surface area (Å²) in [5, 5.41) is 3.61. The van der Waals surface area contributed by atoms with E-state index in [9.17, 15) is 0 Å². The molecule has 0 spiro atoms. The number of hydrogen-bond acceptors (Lipinski definition) is 1. The van der Waals surface area contributed by atoms with E-state index in [1.807, 2.05) is 0 Å². The zero-order valence-corrected chi connectivity index (χ0v) is 13.9. The first-order valence-corrected chi connectivity index (χ1v) is 8.17. The first kappa shape index (κ1) is 14.3. The van der Waals surface area contributed by atoms with Crippen LogP contribution >= 0.6 is 31.9 Å². The van der Waals surface area contributed by atoms with Gasteiger partial charge in [0.25, 0.3) is 0 Å². The highest BCUT2D eigenvalue weighted by atomic mass is 79.9. The molecular weight excluding hydrogens is 354 g/mol. The van der Waals surface area contributed by atoms with Gasteiger partial charge in [-0.2, -0.15) is 0 Å². The normalized spacial score (nSPS) is 17.4. The smallest absolute Gasteiger partial charge is 0.0536 e. The highest BCUT2D eigenvalue weighted by molar-refractivity contribution is 9.11. The van der Waals surface area contributed by atoms with Crippen molar-refractivity contribution >= 4 is 31.9 Å². The Labute approximate surface area is 126 Å². The molecule has 0 aromatic heterocycles. The summed E-state index contributed by atoms with van der Waals surface area (Å²) >= 11 is 7.16. The van der Waals surface area contributed by atoms with Crippen LogP contribution in [0.3, 0.4) is 0 Å². The van der Waals surface area contributed by atoms with Crippen LogP contribution in [0.4, 0.5) is 0 Å². The highest BCUT2D eigenvalue weighted by Gasteiger charge is 2.17. The predicted molar refractivity (Wildman–Crippen MR) is 84.8 cm³/mol. The molecule has 3 heteroatoms. The van der Waals surface area contributed by atoms with Crippen LogP contribution in [0.1, 0.15) is 44.2 Å². The fraction of sp³-hybridized carbons (Fsp3) is 0.467. The molecule has 1 atom stereocenters. The molecule has 98 valence electrons. The molecule has 1 aliphatic rings. The molecule has 0 heterocycles. The molecule has 1 aliphatic carbocycles. The van der Waals surface area contributed by atoms with Crippen molar-refractivity contribution < 1.29 is 0 Å². The fourth-order valence-corrected chi connectivity index (χ4v) is 3.86. The van der Waals surface area contributed by atoms with Crippen LogP contribution < -0.4 is 5.32 Å². The summed E-state index contributed by atoms with van der Waals surface area (Å²) in [4.78, 5) is 0. The van der Waals surface area contributed by atoms with Crippen LogP contribution in [-0.2, 0) is 0 Å². The van der Waals surface area contributed by atoms with Crippen molar-refractivity contribution in [2.24, 2.45) is 0 Å². The van der Waals surface area contributed by atoms with E-state index in [1.54, 1.807) is 5.57 Å². The Morgan fingerprint density at radius 1 is 1.17 bits per heavy atom. The lowest BCUT2D eigenvalue weighted by molar-refractivity contribution is 0.563.